The number of nitrogens with one attached hydrogen (secondary N) is 1. The van der Waals surface area contributed by atoms with Gasteiger partial charge in [-0.15, -0.1) is 0 Å². The molecule has 3 aromatic heterocycles. The van der Waals surface area contributed by atoms with Gasteiger partial charge in [-0.3, -0.25) is 4.98 Å². The Morgan fingerprint density at radius 1 is 1.09 bits per heavy atom. The molecule has 0 amide bonds. The first-order valence-electron chi connectivity index (χ1n) is 7.05. The van der Waals surface area contributed by atoms with E-state index in [1.54, 1.807) is 6.20 Å². The minimum absolute atomic E-state index is 0.479. The van der Waals surface area contributed by atoms with Crippen molar-refractivity contribution in [2.75, 3.05) is 5.32 Å². The van der Waals surface area contributed by atoms with E-state index in [9.17, 15) is 0 Å². The average molecular weight is 295 g/mol. The lowest BCUT2D eigenvalue weighted by Gasteiger charge is -2.06. The van der Waals surface area contributed by atoms with E-state index in [0.717, 1.165) is 28.7 Å². The quantitative estimate of drug-likeness (QED) is 0.797. The minimum Gasteiger partial charge on any atom is -0.444 e. The fraction of sp³-hybridized carbons (Fsp3) is 0.250. The molecule has 22 heavy (non-hydrogen) atoms. The maximum absolute atomic E-state index is 5.55. The van der Waals surface area contributed by atoms with Crippen LogP contribution in [0, 0.1) is 20.8 Å². The molecule has 3 aromatic rings. The molecule has 0 aliphatic rings. The molecule has 0 unspecified atom stereocenters. The number of pyridine rings is 1. The van der Waals surface area contributed by atoms with Crippen molar-refractivity contribution in [2.24, 2.45) is 0 Å². The number of hydrogen-bond donors (Lipinski definition) is 1. The second-order valence-electron chi connectivity index (χ2n) is 5.04. The zero-order valence-electron chi connectivity index (χ0n) is 12.8. The molecule has 0 radical (unpaired) electrons. The highest BCUT2D eigenvalue weighted by atomic mass is 16.4. The Balaban J connectivity index is 1.81. The molecule has 112 valence electrons. The van der Waals surface area contributed by atoms with Crippen molar-refractivity contribution >= 4 is 5.82 Å². The maximum Gasteiger partial charge on any atom is 0.213 e. The van der Waals surface area contributed by atoms with E-state index >= 15 is 0 Å². The fourth-order valence-corrected chi connectivity index (χ4v) is 2.05. The molecule has 0 aromatic carbocycles. The number of nitrogens with zero attached hydrogens (tertiary/aromatic N) is 4. The smallest absolute Gasteiger partial charge is 0.213 e. The number of rotatable bonds is 4. The number of anilines is 1. The van der Waals surface area contributed by atoms with Crippen molar-refractivity contribution in [1.29, 1.82) is 0 Å². The van der Waals surface area contributed by atoms with E-state index in [2.05, 4.69) is 25.3 Å². The van der Waals surface area contributed by atoms with Crippen LogP contribution in [0.2, 0.25) is 0 Å². The zero-order chi connectivity index (χ0) is 15.5. The van der Waals surface area contributed by atoms with Gasteiger partial charge in [0.15, 0.2) is 5.82 Å². The van der Waals surface area contributed by atoms with Crippen LogP contribution in [0.5, 0.6) is 0 Å². The summed E-state index contributed by atoms with van der Waals surface area (Å²) in [6.45, 7) is 6.24. The Kier molecular flexibility index (Phi) is 3.82. The summed E-state index contributed by atoms with van der Waals surface area (Å²) in [6, 6.07) is 7.56. The second kappa shape index (κ2) is 5.93. The van der Waals surface area contributed by atoms with Crippen LogP contribution in [0.1, 0.15) is 23.0 Å². The largest absolute Gasteiger partial charge is 0.444 e. The van der Waals surface area contributed by atoms with Crippen LogP contribution >= 0.6 is 0 Å². The van der Waals surface area contributed by atoms with E-state index in [0.29, 0.717) is 18.3 Å². The molecule has 0 atom stereocenters. The van der Waals surface area contributed by atoms with Gasteiger partial charge < -0.3 is 9.73 Å². The first-order chi connectivity index (χ1) is 10.6. The molecule has 0 bridgehead atoms. The second-order valence-corrected chi connectivity index (χ2v) is 5.04. The first kappa shape index (κ1) is 14.2. The van der Waals surface area contributed by atoms with Crippen LogP contribution in [0.15, 0.2) is 34.9 Å². The van der Waals surface area contributed by atoms with E-state index < -0.39 is 0 Å². The van der Waals surface area contributed by atoms with E-state index in [4.69, 9.17) is 4.42 Å². The summed E-state index contributed by atoms with van der Waals surface area (Å²) in [5.74, 6) is 2.81. The Bertz CT molecular complexity index is 763. The summed E-state index contributed by atoms with van der Waals surface area (Å²) in [5, 5.41) is 3.22. The van der Waals surface area contributed by atoms with Gasteiger partial charge in [0.2, 0.25) is 5.89 Å². The average Bonchev–Trinajstić information content (AvgIpc) is 2.84. The third kappa shape index (κ3) is 3.11. The molecule has 0 saturated heterocycles. The van der Waals surface area contributed by atoms with Gasteiger partial charge in [-0.2, -0.15) is 0 Å². The lowest BCUT2D eigenvalue weighted by atomic mass is 10.3. The molecule has 0 aliphatic carbocycles. The topological polar surface area (TPSA) is 76.7 Å². The van der Waals surface area contributed by atoms with E-state index in [1.807, 2.05) is 45.0 Å². The predicted molar refractivity (Wildman–Crippen MR) is 83.3 cm³/mol. The lowest BCUT2D eigenvalue weighted by molar-refractivity contribution is 0.478. The van der Waals surface area contributed by atoms with Crippen molar-refractivity contribution in [3.63, 3.8) is 0 Å². The van der Waals surface area contributed by atoms with Crippen LogP contribution in [0.25, 0.3) is 11.5 Å². The number of hydrogen-bond acceptors (Lipinski definition) is 6. The van der Waals surface area contributed by atoms with E-state index in [1.165, 1.54) is 0 Å². The minimum atomic E-state index is 0.479. The molecular weight excluding hydrogens is 278 g/mol. The summed E-state index contributed by atoms with van der Waals surface area (Å²) in [6.07, 6.45) is 1.73. The van der Waals surface area contributed by atoms with Gasteiger partial charge in [0.05, 0.1) is 12.2 Å². The van der Waals surface area contributed by atoms with Crippen molar-refractivity contribution < 1.29 is 4.42 Å². The van der Waals surface area contributed by atoms with Crippen molar-refractivity contribution in [3.8, 4) is 11.5 Å². The molecule has 0 aliphatic heterocycles. The van der Waals surface area contributed by atoms with Crippen molar-refractivity contribution in [1.82, 2.24) is 19.9 Å². The van der Waals surface area contributed by atoms with Gasteiger partial charge in [-0.25, -0.2) is 15.0 Å². The summed E-state index contributed by atoms with van der Waals surface area (Å²) in [7, 11) is 0. The molecule has 3 heterocycles. The third-order valence-electron chi connectivity index (χ3n) is 3.24. The van der Waals surface area contributed by atoms with Gasteiger partial charge in [-0.1, -0.05) is 6.07 Å². The molecule has 6 heteroatoms. The summed E-state index contributed by atoms with van der Waals surface area (Å²) < 4.78 is 5.55. The number of oxazole rings is 1. The van der Waals surface area contributed by atoms with Gasteiger partial charge in [0.1, 0.15) is 17.3 Å². The highest BCUT2D eigenvalue weighted by Gasteiger charge is 2.08. The summed E-state index contributed by atoms with van der Waals surface area (Å²) in [4.78, 5) is 17.5. The predicted octanol–water partition coefficient (Wildman–Crippen LogP) is 3.06. The van der Waals surface area contributed by atoms with Gasteiger partial charge in [0, 0.05) is 18.0 Å². The molecular formula is C16H17N5O. The highest BCUT2D eigenvalue weighted by molar-refractivity contribution is 5.52. The molecule has 6 nitrogen and oxygen atoms in total. The Morgan fingerprint density at radius 3 is 2.64 bits per heavy atom. The first-order valence-corrected chi connectivity index (χ1v) is 7.05. The Labute approximate surface area is 128 Å². The van der Waals surface area contributed by atoms with Crippen LogP contribution in [0.3, 0.4) is 0 Å². The Morgan fingerprint density at radius 2 is 1.95 bits per heavy atom. The lowest BCUT2D eigenvalue weighted by Crippen LogP contribution is -2.04. The van der Waals surface area contributed by atoms with Gasteiger partial charge in [-0.05, 0) is 32.9 Å². The van der Waals surface area contributed by atoms with Crippen LogP contribution in [-0.2, 0) is 6.54 Å². The standard InChI is InChI=1S/C16H17N5O/c1-10-8-14(18-9-15-20-11(2)12(3)22-15)21-16(19-10)13-6-4-5-7-17-13/h4-8H,9H2,1-3H3,(H,18,19,21). The summed E-state index contributed by atoms with van der Waals surface area (Å²) in [5.41, 5.74) is 2.53. The molecule has 0 saturated carbocycles. The molecule has 0 fully saturated rings. The number of aromatic nitrogens is 4. The van der Waals surface area contributed by atoms with Crippen LogP contribution in [-0.4, -0.2) is 19.9 Å². The third-order valence-corrected chi connectivity index (χ3v) is 3.24. The van der Waals surface area contributed by atoms with Crippen molar-refractivity contribution in [2.45, 2.75) is 27.3 Å². The summed E-state index contributed by atoms with van der Waals surface area (Å²) >= 11 is 0. The van der Waals surface area contributed by atoms with E-state index in [-0.39, 0.29) is 0 Å². The van der Waals surface area contributed by atoms with Gasteiger partial charge in [0.25, 0.3) is 0 Å². The molecule has 3 rings (SSSR count). The fourth-order valence-electron chi connectivity index (χ4n) is 2.05. The molecule has 1 N–H and O–H groups in total. The normalized spacial score (nSPS) is 10.7. The SMILES string of the molecule is Cc1cc(NCc2nc(C)c(C)o2)nc(-c2ccccn2)n1. The Hall–Kier alpha value is -2.76. The maximum atomic E-state index is 5.55. The zero-order valence-corrected chi connectivity index (χ0v) is 12.8. The number of aryl methyl sites for hydroxylation is 3. The van der Waals surface area contributed by atoms with Crippen LogP contribution in [0.4, 0.5) is 5.82 Å². The monoisotopic (exact) mass is 295 g/mol. The van der Waals surface area contributed by atoms with Gasteiger partial charge >= 0.3 is 0 Å². The molecule has 0 spiro atoms. The van der Waals surface area contributed by atoms with Crippen LogP contribution < -0.4 is 5.32 Å². The highest BCUT2D eigenvalue weighted by Crippen LogP contribution is 2.16. The van der Waals surface area contributed by atoms with Crippen molar-refractivity contribution in [3.05, 3.63) is 53.5 Å².